The Morgan fingerprint density at radius 1 is 1.03 bits per heavy atom. The van der Waals surface area contributed by atoms with E-state index in [0.717, 1.165) is 44.8 Å². The number of hydrogen-bond acceptors (Lipinski definition) is 4. The van der Waals surface area contributed by atoms with Crippen molar-refractivity contribution in [2.45, 2.75) is 48.7 Å². The van der Waals surface area contributed by atoms with Gasteiger partial charge in [-0.25, -0.2) is 13.7 Å². The van der Waals surface area contributed by atoms with Crippen LogP contribution >= 0.6 is 15.9 Å². The molecule has 1 saturated carbocycles. The molecule has 0 bridgehead atoms. The van der Waals surface area contributed by atoms with Crippen LogP contribution in [0.1, 0.15) is 25.3 Å². The van der Waals surface area contributed by atoms with Crippen LogP contribution in [-0.2, 0) is 9.92 Å². The first-order valence-electron chi connectivity index (χ1n) is 11.3. The van der Waals surface area contributed by atoms with Crippen molar-refractivity contribution in [1.82, 2.24) is 9.29 Å². The van der Waals surface area contributed by atoms with Crippen LogP contribution in [0.25, 0.3) is 21.8 Å². The van der Waals surface area contributed by atoms with Crippen LogP contribution in [0.3, 0.4) is 0 Å². The van der Waals surface area contributed by atoms with Crippen molar-refractivity contribution in [2.75, 3.05) is 0 Å². The van der Waals surface area contributed by atoms with Gasteiger partial charge in [0.05, 0.1) is 17.0 Å². The molecule has 5 rings (SSSR count). The summed E-state index contributed by atoms with van der Waals surface area (Å²) in [4.78, 5) is 0.00746. The van der Waals surface area contributed by atoms with Crippen molar-refractivity contribution in [3.05, 3.63) is 71.2 Å². The highest BCUT2D eigenvalue weighted by molar-refractivity contribution is 9.10. The predicted octanol–water partition coefficient (Wildman–Crippen LogP) is 6.52. The molecule has 190 valence electrons. The number of hydrogen-bond donors (Lipinski definition) is 3. The number of alkyl halides is 3. The molecule has 1 fully saturated rings. The van der Waals surface area contributed by atoms with E-state index >= 15 is 0 Å². The monoisotopic (exact) mass is 581 g/mol. The number of aliphatic hydroxyl groups is 1. The lowest BCUT2D eigenvalue weighted by Crippen LogP contribution is -2.49. The minimum atomic E-state index is -4.84. The van der Waals surface area contributed by atoms with E-state index in [4.69, 9.17) is 4.78 Å². The van der Waals surface area contributed by atoms with Gasteiger partial charge >= 0.3 is 6.36 Å². The Balaban J connectivity index is 1.44. The minimum absolute atomic E-state index is 0.00746. The third kappa shape index (κ3) is 4.84. The van der Waals surface area contributed by atoms with Crippen LogP contribution in [0.5, 0.6) is 5.75 Å². The highest BCUT2D eigenvalue weighted by Crippen LogP contribution is 2.39. The van der Waals surface area contributed by atoms with E-state index in [1.165, 1.54) is 12.1 Å². The molecule has 4 unspecified atom stereocenters. The lowest BCUT2D eigenvalue weighted by Gasteiger charge is -2.37. The summed E-state index contributed by atoms with van der Waals surface area (Å²) in [7, 11) is -3.60. The summed E-state index contributed by atoms with van der Waals surface area (Å²) < 4.78 is 68.6. The van der Waals surface area contributed by atoms with Crippen LogP contribution in [0.2, 0.25) is 0 Å². The molecular formula is C25H23BrF3N3O3S. The van der Waals surface area contributed by atoms with Crippen molar-refractivity contribution in [1.29, 1.82) is 4.78 Å². The number of benzene rings is 3. The summed E-state index contributed by atoms with van der Waals surface area (Å²) in [5, 5.41) is 13.5. The van der Waals surface area contributed by atoms with Crippen molar-refractivity contribution in [3.8, 4) is 5.75 Å². The molecule has 0 spiro atoms. The molecule has 1 aliphatic carbocycles. The summed E-state index contributed by atoms with van der Waals surface area (Å²) in [6.07, 6.45) is -3.85. The molecule has 4 aromatic rings. The fourth-order valence-corrected chi connectivity index (χ4v) is 6.71. The number of fused-ring (bicyclic) bond motifs is 3. The SMILES string of the molecule is N=S(=O)(NC1CCCC(n2c3ccccc3c3cc(Br)ccc32)C1O)c1ccc(OC(F)(F)F)cc1. The molecule has 36 heavy (non-hydrogen) atoms. The summed E-state index contributed by atoms with van der Waals surface area (Å²) in [6.45, 7) is 0. The fourth-order valence-electron chi connectivity index (χ4n) is 5.01. The zero-order chi connectivity index (χ0) is 25.7. The molecule has 3 N–H and O–H groups in total. The number of para-hydroxylation sites is 1. The number of nitrogens with zero attached hydrogens (tertiary/aromatic N) is 1. The van der Waals surface area contributed by atoms with Gasteiger partial charge in [0.15, 0.2) is 0 Å². The standard InChI is InChI=1S/C25H23BrF3N3O3S/c26-15-8-13-22-19(14-15)18-4-1-2-6-21(18)32(22)23-7-3-5-20(24(23)33)31-36(30,34)17-11-9-16(10-12-17)35-25(27,28)29/h1-2,4,6,8-14,20,23-24,33H,3,5,7H2,(H2,30,31,34). The second-order valence-electron chi connectivity index (χ2n) is 8.84. The highest BCUT2D eigenvalue weighted by atomic mass is 79.9. The molecule has 1 aromatic heterocycles. The maximum Gasteiger partial charge on any atom is 0.573 e. The average molecular weight is 582 g/mol. The van der Waals surface area contributed by atoms with Gasteiger partial charge in [-0.1, -0.05) is 34.1 Å². The molecule has 6 nitrogen and oxygen atoms in total. The molecule has 0 amide bonds. The number of aromatic nitrogens is 1. The molecule has 0 aliphatic heterocycles. The van der Waals surface area contributed by atoms with E-state index in [9.17, 15) is 22.5 Å². The van der Waals surface area contributed by atoms with E-state index in [-0.39, 0.29) is 10.9 Å². The Kier molecular flexibility index (Phi) is 6.52. The second-order valence-corrected chi connectivity index (χ2v) is 11.6. The van der Waals surface area contributed by atoms with Crippen molar-refractivity contribution in [2.24, 2.45) is 0 Å². The summed E-state index contributed by atoms with van der Waals surface area (Å²) in [5.74, 6) is -0.461. The third-order valence-electron chi connectivity index (χ3n) is 6.53. The van der Waals surface area contributed by atoms with Gasteiger partial charge in [-0.3, -0.25) is 0 Å². The van der Waals surface area contributed by atoms with Gasteiger partial charge in [0, 0.05) is 32.3 Å². The van der Waals surface area contributed by atoms with Crippen LogP contribution in [-0.4, -0.2) is 32.4 Å². The van der Waals surface area contributed by atoms with Gasteiger partial charge in [0.1, 0.15) is 15.7 Å². The molecule has 1 heterocycles. The Labute approximate surface area is 214 Å². The predicted molar refractivity (Wildman–Crippen MR) is 135 cm³/mol. The largest absolute Gasteiger partial charge is 0.573 e. The first-order valence-corrected chi connectivity index (χ1v) is 13.7. The fraction of sp³-hybridized carbons (Fsp3) is 0.280. The molecule has 0 saturated heterocycles. The van der Waals surface area contributed by atoms with Crippen LogP contribution in [0.15, 0.2) is 76.1 Å². The van der Waals surface area contributed by atoms with Crippen LogP contribution < -0.4 is 9.46 Å². The Hall–Kier alpha value is -2.60. The third-order valence-corrected chi connectivity index (χ3v) is 8.60. The molecule has 1 aliphatic rings. The maximum atomic E-state index is 13.2. The van der Waals surface area contributed by atoms with Crippen LogP contribution in [0, 0.1) is 4.78 Å². The summed E-state index contributed by atoms with van der Waals surface area (Å²) in [5.41, 5.74) is 1.94. The maximum absolute atomic E-state index is 13.2. The topological polar surface area (TPSA) is 87.3 Å². The Morgan fingerprint density at radius 3 is 2.44 bits per heavy atom. The minimum Gasteiger partial charge on any atom is -0.406 e. The summed E-state index contributed by atoms with van der Waals surface area (Å²) >= 11 is 3.53. The number of aliphatic hydroxyl groups excluding tert-OH is 1. The van der Waals surface area contributed by atoms with Crippen molar-refractivity contribution < 1.29 is 27.2 Å². The van der Waals surface area contributed by atoms with Crippen molar-refractivity contribution >= 4 is 47.7 Å². The molecule has 0 radical (unpaired) electrons. The van der Waals surface area contributed by atoms with Crippen LogP contribution in [0.4, 0.5) is 13.2 Å². The van der Waals surface area contributed by atoms with Gasteiger partial charge in [0.25, 0.3) is 0 Å². The van der Waals surface area contributed by atoms with Gasteiger partial charge in [-0.15, -0.1) is 13.2 Å². The van der Waals surface area contributed by atoms with E-state index in [1.54, 1.807) is 0 Å². The zero-order valence-electron chi connectivity index (χ0n) is 18.8. The smallest absolute Gasteiger partial charge is 0.406 e. The van der Waals surface area contributed by atoms with Gasteiger partial charge in [0.2, 0.25) is 0 Å². The normalized spacial score (nSPS) is 22.5. The number of rotatable bonds is 5. The molecular weight excluding hydrogens is 559 g/mol. The molecule has 4 atom stereocenters. The summed E-state index contributed by atoms with van der Waals surface area (Å²) in [6, 6.07) is 17.4. The second kappa shape index (κ2) is 9.37. The van der Waals surface area contributed by atoms with E-state index in [0.29, 0.717) is 12.8 Å². The zero-order valence-corrected chi connectivity index (χ0v) is 21.2. The highest BCUT2D eigenvalue weighted by Gasteiger charge is 2.36. The lowest BCUT2D eigenvalue weighted by molar-refractivity contribution is -0.274. The van der Waals surface area contributed by atoms with Gasteiger partial charge in [-0.05, 0) is 67.8 Å². The first-order chi connectivity index (χ1) is 17.0. The number of halogens is 4. The Morgan fingerprint density at radius 2 is 1.72 bits per heavy atom. The first kappa shape index (κ1) is 25.1. The quantitative estimate of drug-likeness (QED) is 0.251. The van der Waals surface area contributed by atoms with E-state index < -0.39 is 34.2 Å². The van der Waals surface area contributed by atoms with Gasteiger partial charge in [-0.2, -0.15) is 0 Å². The lowest BCUT2D eigenvalue weighted by atomic mass is 9.88. The number of nitrogens with one attached hydrogen (secondary N) is 2. The van der Waals surface area contributed by atoms with E-state index in [1.807, 2.05) is 42.5 Å². The average Bonchev–Trinajstić information content (AvgIpc) is 3.13. The Bertz CT molecular complexity index is 1520. The van der Waals surface area contributed by atoms with Gasteiger partial charge < -0.3 is 14.4 Å². The molecule has 3 aromatic carbocycles. The molecule has 11 heteroatoms. The number of ether oxygens (including phenoxy) is 1. The van der Waals surface area contributed by atoms with Crippen molar-refractivity contribution in [3.63, 3.8) is 0 Å². The van der Waals surface area contributed by atoms with E-state index in [2.05, 4.69) is 30.0 Å².